The van der Waals surface area contributed by atoms with Crippen LogP contribution in [0.15, 0.2) is 5.11 Å². The second-order valence-electron chi connectivity index (χ2n) is 5.96. The number of rotatable bonds is 3. The van der Waals surface area contributed by atoms with Gasteiger partial charge in [0.25, 0.3) is 0 Å². The number of likely N-dealkylation sites (tertiary alicyclic amines) is 1. The second-order valence-corrected chi connectivity index (χ2v) is 5.96. The molecule has 1 fully saturated rings. The fourth-order valence-corrected chi connectivity index (χ4v) is 2.14. The van der Waals surface area contributed by atoms with Gasteiger partial charge in [-0.2, -0.15) is 0 Å². The first-order valence-corrected chi connectivity index (χ1v) is 6.43. The van der Waals surface area contributed by atoms with Gasteiger partial charge >= 0.3 is 6.09 Å². The molecule has 0 aromatic carbocycles. The highest BCUT2D eigenvalue weighted by Gasteiger charge is 2.44. The van der Waals surface area contributed by atoms with E-state index in [1.165, 1.54) is 4.90 Å². The molecule has 7 heteroatoms. The highest BCUT2D eigenvalue weighted by atomic mass is 16.6. The summed E-state index contributed by atoms with van der Waals surface area (Å²) in [5.74, 6) is 0. The van der Waals surface area contributed by atoms with Crippen LogP contribution < -0.4 is 0 Å². The molecule has 1 aliphatic heterocycles. The second kappa shape index (κ2) is 5.67. The molecule has 0 aromatic heterocycles. The monoisotopic (exact) mass is 270 g/mol. The van der Waals surface area contributed by atoms with E-state index in [1.807, 2.05) is 6.92 Å². The number of azide groups is 1. The summed E-state index contributed by atoms with van der Waals surface area (Å²) in [6.07, 6.45) is 0.468. The summed E-state index contributed by atoms with van der Waals surface area (Å²) in [5, 5.41) is 13.8. The molecule has 108 valence electrons. The van der Waals surface area contributed by atoms with Crippen molar-refractivity contribution in [2.45, 2.75) is 57.8 Å². The lowest BCUT2D eigenvalue weighted by atomic mass is 9.97. The van der Waals surface area contributed by atoms with Crippen LogP contribution in [0.2, 0.25) is 0 Å². The topological polar surface area (TPSA) is 98.5 Å². The molecule has 0 radical (unpaired) electrons. The number of carbonyl (C=O) groups excluding carboxylic acids is 1. The maximum absolute atomic E-state index is 12.1. The summed E-state index contributed by atoms with van der Waals surface area (Å²) in [6, 6.07) is -0.310. The van der Waals surface area contributed by atoms with Gasteiger partial charge in [-0.3, -0.25) is 0 Å². The lowest BCUT2D eigenvalue weighted by Crippen LogP contribution is -2.42. The Balaban J connectivity index is 2.82. The van der Waals surface area contributed by atoms with Crippen molar-refractivity contribution in [3.8, 4) is 0 Å². The van der Waals surface area contributed by atoms with E-state index in [0.717, 1.165) is 0 Å². The van der Waals surface area contributed by atoms with E-state index in [-0.39, 0.29) is 19.1 Å². The predicted octanol–water partition coefficient (Wildman–Crippen LogP) is 2.45. The Morgan fingerprint density at radius 1 is 1.63 bits per heavy atom. The van der Waals surface area contributed by atoms with Gasteiger partial charge in [0, 0.05) is 17.5 Å². The van der Waals surface area contributed by atoms with E-state index < -0.39 is 17.3 Å². The van der Waals surface area contributed by atoms with Crippen molar-refractivity contribution in [2.75, 3.05) is 13.1 Å². The molecule has 1 amide bonds. The van der Waals surface area contributed by atoms with Gasteiger partial charge in [0.05, 0.1) is 12.1 Å². The summed E-state index contributed by atoms with van der Waals surface area (Å²) in [7, 11) is 0. The van der Waals surface area contributed by atoms with Crippen molar-refractivity contribution in [3.63, 3.8) is 0 Å². The molecule has 1 unspecified atom stereocenters. The minimum atomic E-state index is -0.924. The molecule has 7 nitrogen and oxygen atoms in total. The fraction of sp³-hybridized carbons (Fsp3) is 0.917. The molecular formula is C12H22N4O3. The van der Waals surface area contributed by atoms with Gasteiger partial charge in [0.2, 0.25) is 0 Å². The zero-order valence-corrected chi connectivity index (χ0v) is 12.0. The van der Waals surface area contributed by atoms with Crippen molar-refractivity contribution < 1.29 is 14.6 Å². The molecule has 1 aliphatic rings. The van der Waals surface area contributed by atoms with Gasteiger partial charge in [-0.1, -0.05) is 12.0 Å². The van der Waals surface area contributed by atoms with Gasteiger partial charge < -0.3 is 14.7 Å². The Bertz CT molecular complexity index is 387. The first-order valence-electron chi connectivity index (χ1n) is 6.43. The summed E-state index contributed by atoms with van der Waals surface area (Å²) in [5.41, 5.74) is 6.87. The Hall–Kier alpha value is -1.46. The van der Waals surface area contributed by atoms with Gasteiger partial charge in [0.15, 0.2) is 0 Å². The number of amides is 1. The molecule has 0 bridgehead atoms. The van der Waals surface area contributed by atoms with Crippen LogP contribution in [0, 0.1) is 0 Å². The summed E-state index contributed by atoms with van der Waals surface area (Å²) >= 11 is 0. The van der Waals surface area contributed by atoms with Crippen LogP contribution >= 0.6 is 0 Å². The smallest absolute Gasteiger partial charge is 0.410 e. The van der Waals surface area contributed by atoms with Gasteiger partial charge in [-0.05, 0) is 39.1 Å². The Labute approximate surface area is 113 Å². The maximum atomic E-state index is 12.1. The molecule has 0 spiro atoms. The van der Waals surface area contributed by atoms with Crippen LogP contribution in [-0.4, -0.2) is 46.4 Å². The molecular weight excluding hydrogens is 248 g/mol. The Morgan fingerprint density at radius 2 is 2.26 bits per heavy atom. The molecule has 1 rings (SSSR count). The van der Waals surface area contributed by atoms with Crippen LogP contribution in [0.3, 0.4) is 0 Å². The third kappa shape index (κ3) is 4.29. The van der Waals surface area contributed by atoms with E-state index in [9.17, 15) is 9.90 Å². The molecule has 0 saturated carbocycles. The Kier molecular flexibility index (Phi) is 4.66. The average Bonchev–Trinajstić information content (AvgIpc) is 2.63. The third-order valence-corrected chi connectivity index (χ3v) is 3.16. The number of hydrogen-bond donors (Lipinski definition) is 1. The lowest BCUT2D eigenvalue weighted by Gasteiger charge is -2.28. The molecule has 1 N–H and O–H groups in total. The number of nitrogens with zero attached hydrogens (tertiary/aromatic N) is 4. The van der Waals surface area contributed by atoms with E-state index in [1.54, 1.807) is 20.8 Å². The zero-order chi connectivity index (χ0) is 14.7. The summed E-state index contributed by atoms with van der Waals surface area (Å²) < 4.78 is 5.31. The highest BCUT2D eigenvalue weighted by Crippen LogP contribution is 2.31. The standard InChI is InChI=1S/C12H22N4O3/c1-5-12(18)6-9(7-14-15-13)16(8-12)10(17)19-11(2,3)4/h9,18H,5-8H2,1-4H3/t9-,12?/m0/s1. The number of β-amino-alcohol motifs (C(OH)–C–C–N with tert-alkyl or cyclic N) is 1. The third-order valence-electron chi connectivity index (χ3n) is 3.16. The molecule has 0 aromatic rings. The van der Waals surface area contributed by atoms with Crippen molar-refractivity contribution in [1.29, 1.82) is 0 Å². The number of ether oxygens (including phenoxy) is 1. The van der Waals surface area contributed by atoms with Crippen LogP contribution in [0.25, 0.3) is 10.4 Å². The number of carbonyl (C=O) groups is 1. The quantitative estimate of drug-likeness (QED) is 0.484. The van der Waals surface area contributed by atoms with Gasteiger partial charge in [-0.25, -0.2) is 4.79 Å². The molecule has 2 atom stereocenters. The minimum Gasteiger partial charge on any atom is -0.444 e. The summed E-state index contributed by atoms with van der Waals surface area (Å²) in [4.78, 5) is 16.3. The van der Waals surface area contributed by atoms with E-state index in [0.29, 0.717) is 12.8 Å². The lowest BCUT2D eigenvalue weighted by molar-refractivity contribution is 0.0117. The van der Waals surface area contributed by atoms with E-state index in [2.05, 4.69) is 10.0 Å². The molecule has 1 heterocycles. The highest BCUT2D eigenvalue weighted by molar-refractivity contribution is 5.69. The number of aliphatic hydroxyl groups is 1. The van der Waals surface area contributed by atoms with Crippen LogP contribution in [0.1, 0.15) is 40.5 Å². The molecule has 19 heavy (non-hydrogen) atoms. The van der Waals surface area contributed by atoms with Crippen molar-refractivity contribution in [3.05, 3.63) is 10.4 Å². The normalized spacial score (nSPS) is 27.0. The summed E-state index contributed by atoms with van der Waals surface area (Å²) in [6.45, 7) is 7.59. The fourth-order valence-electron chi connectivity index (χ4n) is 2.14. The molecule has 0 aliphatic carbocycles. The minimum absolute atomic E-state index is 0.151. The maximum Gasteiger partial charge on any atom is 0.410 e. The van der Waals surface area contributed by atoms with Gasteiger partial charge in [-0.15, -0.1) is 0 Å². The van der Waals surface area contributed by atoms with E-state index in [4.69, 9.17) is 10.3 Å². The largest absolute Gasteiger partial charge is 0.444 e. The van der Waals surface area contributed by atoms with Crippen molar-refractivity contribution in [2.24, 2.45) is 5.11 Å². The van der Waals surface area contributed by atoms with E-state index >= 15 is 0 Å². The predicted molar refractivity (Wildman–Crippen MR) is 70.6 cm³/mol. The molecule has 1 saturated heterocycles. The van der Waals surface area contributed by atoms with Crippen LogP contribution in [-0.2, 0) is 4.74 Å². The van der Waals surface area contributed by atoms with Crippen LogP contribution in [0.5, 0.6) is 0 Å². The average molecular weight is 270 g/mol. The van der Waals surface area contributed by atoms with Gasteiger partial charge in [0.1, 0.15) is 5.60 Å². The first kappa shape index (κ1) is 15.6. The Morgan fingerprint density at radius 3 is 2.74 bits per heavy atom. The first-order chi connectivity index (χ1) is 8.71. The van der Waals surface area contributed by atoms with Crippen molar-refractivity contribution in [1.82, 2.24) is 4.90 Å². The zero-order valence-electron chi connectivity index (χ0n) is 12.0. The SMILES string of the molecule is CCC1(O)C[C@@H](CN=[N+]=[N-])N(C(=O)OC(C)(C)C)C1. The van der Waals surface area contributed by atoms with Crippen LogP contribution in [0.4, 0.5) is 4.79 Å². The number of hydrogen-bond acceptors (Lipinski definition) is 4. The van der Waals surface area contributed by atoms with Crippen molar-refractivity contribution >= 4 is 6.09 Å².